The molecule has 0 unspecified atom stereocenters. The van der Waals surface area contributed by atoms with Crippen LogP contribution in [0.1, 0.15) is 31.0 Å². The highest BCUT2D eigenvalue weighted by Gasteiger charge is 2.29. The topological polar surface area (TPSA) is 88.3 Å². The highest BCUT2D eigenvalue weighted by atomic mass is 16.2. The predicted octanol–water partition coefficient (Wildman–Crippen LogP) is 0.973. The van der Waals surface area contributed by atoms with Crippen molar-refractivity contribution in [2.24, 2.45) is 0 Å². The molecule has 0 aliphatic carbocycles. The molecule has 1 atom stereocenters. The Morgan fingerprint density at radius 3 is 3.04 bits per heavy atom. The minimum absolute atomic E-state index is 0.0294. The first kappa shape index (κ1) is 14.7. The molecule has 1 saturated heterocycles. The van der Waals surface area contributed by atoms with Crippen molar-refractivity contribution in [3.05, 3.63) is 53.2 Å². The average Bonchev–Trinajstić information content (AvgIpc) is 3.26. The van der Waals surface area contributed by atoms with Crippen LogP contribution in [0, 0.1) is 0 Å². The van der Waals surface area contributed by atoms with E-state index < -0.39 is 0 Å². The molecule has 1 N–H and O–H groups in total. The van der Waals surface area contributed by atoms with Gasteiger partial charge in [0.1, 0.15) is 6.54 Å². The second kappa shape index (κ2) is 5.95. The number of hydrogen-bond donors (Lipinski definition) is 1. The van der Waals surface area contributed by atoms with Crippen LogP contribution in [-0.2, 0) is 11.3 Å². The number of H-pyrrole nitrogens is 1. The number of likely N-dealkylation sites (tertiary alicyclic amines) is 1. The molecule has 0 radical (unpaired) electrons. The van der Waals surface area contributed by atoms with Crippen LogP contribution in [0.5, 0.6) is 0 Å². The van der Waals surface area contributed by atoms with E-state index in [1.54, 1.807) is 41.7 Å². The van der Waals surface area contributed by atoms with E-state index in [0.717, 1.165) is 25.0 Å². The number of piperidine rings is 1. The zero-order valence-electron chi connectivity index (χ0n) is 13.1. The van der Waals surface area contributed by atoms with Crippen molar-refractivity contribution in [1.29, 1.82) is 0 Å². The SMILES string of the molecule is O=C(Cn1ccnc1)N1CCCC[C@H]1c1cc(=O)n2ccnc2[nH]1. The maximum atomic E-state index is 12.7. The normalized spacial score (nSPS) is 18.2. The molecule has 3 aromatic heterocycles. The van der Waals surface area contributed by atoms with E-state index in [0.29, 0.717) is 12.3 Å². The third-order valence-corrected chi connectivity index (χ3v) is 4.47. The standard InChI is InChI=1S/C16H18N6O2/c23-14-9-12(19-16-18-5-8-22(14)16)13-3-1-2-6-21(13)15(24)10-20-7-4-17-11-20/h4-5,7-9,11,13H,1-3,6,10H2,(H,18,19)/t13-/m0/s1. The Morgan fingerprint density at radius 2 is 2.21 bits per heavy atom. The van der Waals surface area contributed by atoms with Gasteiger partial charge in [-0.25, -0.2) is 9.97 Å². The van der Waals surface area contributed by atoms with Crippen LogP contribution in [0.2, 0.25) is 0 Å². The first-order chi connectivity index (χ1) is 11.7. The van der Waals surface area contributed by atoms with Gasteiger partial charge in [-0.2, -0.15) is 0 Å². The minimum atomic E-state index is -0.135. The van der Waals surface area contributed by atoms with Gasteiger partial charge in [-0.15, -0.1) is 0 Å². The number of nitrogens with one attached hydrogen (secondary N) is 1. The lowest BCUT2D eigenvalue weighted by Crippen LogP contribution is -2.41. The van der Waals surface area contributed by atoms with Gasteiger partial charge in [0.15, 0.2) is 0 Å². The Bertz CT molecular complexity index is 910. The summed E-state index contributed by atoms with van der Waals surface area (Å²) in [5, 5.41) is 0. The molecule has 0 aromatic carbocycles. The Balaban J connectivity index is 1.65. The van der Waals surface area contributed by atoms with Crippen molar-refractivity contribution in [3.8, 4) is 0 Å². The molecule has 3 aromatic rings. The van der Waals surface area contributed by atoms with Gasteiger partial charge in [-0.1, -0.05) is 0 Å². The number of aromatic amines is 1. The Labute approximate surface area is 137 Å². The monoisotopic (exact) mass is 326 g/mol. The molecule has 1 aliphatic rings. The van der Waals surface area contributed by atoms with E-state index in [4.69, 9.17) is 0 Å². The number of nitrogens with zero attached hydrogens (tertiary/aromatic N) is 5. The average molecular weight is 326 g/mol. The lowest BCUT2D eigenvalue weighted by Gasteiger charge is -2.35. The molecule has 0 spiro atoms. The van der Waals surface area contributed by atoms with Crippen LogP contribution in [0.4, 0.5) is 0 Å². The first-order valence-corrected chi connectivity index (χ1v) is 8.04. The maximum absolute atomic E-state index is 12.7. The minimum Gasteiger partial charge on any atom is -0.333 e. The summed E-state index contributed by atoms with van der Waals surface area (Å²) in [6, 6.07) is 1.45. The smallest absolute Gasteiger partial charge is 0.259 e. The molecule has 4 rings (SSSR count). The van der Waals surface area contributed by atoms with Gasteiger partial charge in [0, 0.05) is 43.1 Å². The number of fused-ring (bicyclic) bond motifs is 1. The quantitative estimate of drug-likeness (QED) is 0.777. The third-order valence-electron chi connectivity index (χ3n) is 4.47. The predicted molar refractivity (Wildman–Crippen MR) is 86.3 cm³/mol. The summed E-state index contributed by atoms with van der Waals surface area (Å²) < 4.78 is 3.22. The number of hydrogen-bond acceptors (Lipinski definition) is 4. The number of carbonyl (C=O) groups excluding carboxylic acids is 1. The molecular weight excluding hydrogens is 308 g/mol. The van der Waals surface area contributed by atoms with Crippen molar-refractivity contribution in [2.45, 2.75) is 31.8 Å². The van der Waals surface area contributed by atoms with Crippen molar-refractivity contribution in [1.82, 2.24) is 28.8 Å². The summed E-state index contributed by atoms with van der Waals surface area (Å²) in [6.45, 7) is 0.951. The Morgan fingerprint density at radius 1 is 1.29 bits per heavy atom. The van der Waals surface area contributed by atoms with Crippen LogP contribution < -0.4 is 5.56 Å². The van der Waals surface area contributed by atoms with E-state index in [9.17, 15) is 9.59 Å². The van der Waals surface area contributed by atoms with Crippen molar-refractivity contribution in [2.75, 3.05) is 6.54 Å². The summed E-state index contributed by atoms with van der Waals surface area (Å²) >= 11 is 0. The molecule has 0 bridgehead atoms. The molecule has 1 fully saturated rings. The van der Waals surface area contributed by atoms with Crippen LogP contribution in [0.15, 0.2) is 42.0 Å². The zero-order chi connectivity index (χ0) is 16.5. The van der Waals surface area contributed by atoms with Crippen molar-refractivity contribution < 1.29 is 4.79 Å². The van der Waals surface area contributed by atoms with E-state index in [1.165, 1.54) is 4.40 Å². The molecule has 8 heteroatoms. The largest absolute Gasteiger partial charge is 0.333 e. The fourth-order valence-corrected chi connectivity index (χ4v) is 3.30. The first-order valence-electron chi connectivity index (χ1n) is 8.04. The summed E-state index contributed by atoms with van der Waals surface area (Å²) in [4.78, 5) is 38.1. The van der Waals surface area contributed by atoms with Gasteiger partial charge in [0.25, 0.3) is 5.56 Å². The van der Waals surface area contributed by atoms with Gasteiger partial charge in [0.2, 0.25) is 11.7 Å². The highest BCUT2D eigenvalue weighted by molar-refractivity contribution is 5.76. The molecule has 0 saturated carbocycles. The third kappa shape index (κ3) is 2.60. The molecular formula is C16H18N6O2. The highest BCUT2D eigenvalue weighted by Crippen LogP contribution is 2.29. The van der Waals surface area contributed by atoms with E-state index in [1.807, 2.05) is 4.90 Å². The lowest BCUT2D eigenvalue weighted by atomic mass is 9.99. The Kier molecular flexibility index (Phi) is 3.64. The molecule has 24 heavy (non-hydrogen) atoms. The molecule has 1 amide bonds. The van der Waals surface area contributed by atoms with E-state index >= 15 is 0 Å². The summed E-state index contributed by atoms with van der Waals surface area (Å²) in [5.74, 6) is 0.534. The second-order valence-corrected chi connectivity index (χ2v) is 6.02. The van der Waals surface area contributed by atoms with Crippen LogP contribution in [0.25, 0.3) is 5.78 Å². The number of carbonyl (C=O) groups is 1. The fourth-order valence-electron chi connectivity index (χ4n) is 3.30. The number of aromatic nitrogens is 5. The van der Waals surface area contributed by atoms with Crippen molar-refractivity contribution in [3.63, 3.8) is 0 Å². The maximum Gasteiger partial charge on any atom is 0.259 e. The van der Waals surface area contributed by atoms with Crippen LogP contribution in [-0.4, -0.2) is 41.3 Å². The Hall–Kier alpha value is -2.90. The molecule has 8 nitrogen and oxygen atoms in total. The summed E-state index contributed by atoms with van der Waals surface area (Å²) in [7, 11) is 0. The van der Waals surface area contributed by atoms with Crippen molar-refractivity contribution >= 4 is 11.7 Å². The van der Waals surface area contributed by atoms with Gasteiger partial charge < -0.3 is 14.5 Å². The number of amides is 1. The summed E-state index contributed by atoms with van der Waals surface area (Å²) in [6.07, 6.45) is 11.1. The second-order valence-electron chi connectivity index (χ2n) is 6.02. The lowest BCUT2D eigenvalue weighted by molar-refractivity contribution is -0.135. The van der Waals surface area contributed by atoms with Crippen LogP contribution in [0.3, 0.4) is 0 Å². The van der Waals surface area contributed by atoms with Crippen LogP contribution >= 0.6 is 0 Å². The van der Waals surface area contributed by atoms with E-state index in [-0.39, 0.29) is 24.1 Å². The van der Waals surface area contributed by atoms with Gasteiger partial charge >= 0.3 is 0 Å². The van der Waals surface area contributed by atoms with E-state index in [2.05, 4.69) is 15.0 Å². The van der Waals surface area contributed by atoms with Gasteiger partial charge in [-0.05, 0) is 19.3 Å². The summed E-state index contributed by atoms with van der Waals surface area (Å²) in [5.41, 5.74) is 0.612. The zero-order valence-corrected chi connectivity index (χ0v) is 13.1. The molecule has 124 valence electrons. The molecule has 4 heterocycles. The number of rotatable bonds is 3. The van der Waals surface area contributed by atoms with Gasteiger partial charge in [0.05, 0.1) is 12.4 Å². The number of imidazole rings is 2. The fraction of sp³-hybridized carbons (Fsp3) is 0.375. The molecule has 1 aliphatic heterocycles. The van der Waals surface area contributed by atoms with Gasteiger partial charge in [-0.3, -0.25) is 14.0 Å².